The van der Waals surface area contributed by atoms with Gasteiger partial charge in [0, 0.05) is 31.9 Å². The monoisotopic (exact) mass is 368 g/mol. The van der Waals surface area contributed by atoms with Crippen molar-refractivity contribution < 1.29 is 14.3 Å². The fourth-order valence-electron chi connectivity index (χ4n) is 2.93. The Kier molecular flexibility index (Phi) is 7.49. The molecule has 1 aromatic carbocycles. The lowest BCUT2D eigenvalue weighted by Gasteiger charge is -2.23. The number of hydrogen-bond acceptors (Lipinski definition) is 4. The minimum Gasteiger partial charge on any atom is -0.378 e. The molecule has 2 aliphatic rings. The van der Waals surface area contributed by atoms with Crippen molar-refractivity contribution in [1.29, 1.82) is 0 Å². The highest BCUT2D eigenvalue weighted by atomic mass is 35.5. The van der Waals surface area contributed by atoms with E-state index in [0.717, 1.165) is 37.2 Å². The van der Waals surface area contributed by atoms with E-state index in [1.165, 1.54) is 0 Å². The van der Waals surface area contributed by atoms with E-state index in [4.69, 9.17) is 4.74 Å². The van der Waals surface area contributed by atoms with Crippen LogP contribution in [0.15, 0.2) is 24.3 Å². The number of amides is 3. The molecule has 0 bridgehead atoms. The number of nitrogens with zero attached hydrogens (tertiary/aromatic N) is 1. The number of carbonyl (C=O) groups is 2. The first-order valence-corrected chi connectivity index (χ1v) is 8.46. The van der Waals surface area contributed by atoms with Crippen LogP contribution in [0.3, 0.4) is 0 Å². The van der Waals surface area contributed by atoms with Gasteiger partial charge in [0.05, 0.1) is 13.2 Å². The average molecular weight is 369 g/mol. The van der Waals surface area contributed by atoms with Crippen LogP contribution in [0.2, 0.25) is 0 Å². The third kappa shape index (κ3) is 5.59. The number of rotatable bonds is 4. The van der Waals surface area contributed by atoms with E-state index in [9.17, 15) is 9.59 Å². The second kappa shape index (κ2) is 9.60. The Morgan fingerprint density at radius 3 is 2.80 bits per heavy atom. The number of morpholine rings is 1. The second-order valence-electron chi connectivity index (χ2n) is 6.12. The minimum atomic E-state index is -0.295. The summed E-state index contributed by atoms with van der Waals surface area (Å²) in [5, 5.41) is 8.94. The maximum absolute atomic E-state index is 12.1. The fraction of sp³-hybridized carbons (Fsp3) is 0.529. The Balaban J connectivity index is 0.00000225. The normalized spacial score (nSPS) is 19.8. The molecule has 2 heterocycles. The van der Waals surface area contributed by atoms with Gasteiger partial charge in [0.15, 0.2) is 0 Å². The van der Waals surface area contributed by atoms with Crippen molar-refractivity contribution in [1.82, 2.24) is 15.5 Å². The summed E-state index contributed by atoms with van der Waals surface area (Å²) in [5.41, 5.74) is 1.69. The molecule has 7 nitrogen and oxygen atoms in total. The molecule has 25 heavy (non-hydrogen) atoms. The Hall–Kier alpha value is -1.83. The van der Waals surface area contributed by atoms with Crippen molar-refractivity contribution in [3.63, 3.8) is 0 Å². The van der Waals surface area contributed by atoms with Gasteiger partial charge in [-0.25, -0.2) is 4.79 Å². The molecule has 2 aliphatic heterocycles. The Morgan fingerprint density at radius 1 is 1.28 bits per heavy atom. The van der Waals surface area contributed by atoms with Gasteiger partial charge in [0.1, 0.15) is 6.04 Å². The van der Waals surface area contributed by atoms with Gasteiger partial charge in [0.25, 0.3) is 0 Å². The molecule has 138 valence electrons. The van der Waals surface area contributed by atoms with Gasteiger partial charge in [-0.1, -0.05) is 12.1 Å². The van der Waals surface area contributed by atoms with E-state index in [-0.39, 0.29) is 30.4 Å². The highest BCUT2D eigenvalue weighted by Gasteiger charge is 2.21. The molecule has 0 aromatic heterocycles. The summed E-state index contributed by atoms with van der Waals surface area (Å²) >= 11 is 0. The molecule has 3 amide bonds. The summed E-state index contributed by atoms with van der Waals surface area (Å²) in [7, 11) is 0. The molecule has 2 saturated heterocycles. The number of anilines is 1. The number of ether oxygens (including phenoxy) is 1. The molecule has 8 heteroatoms. The van der Waals surface area contributed by atoms with E-state index < -0.39 is 0 Å². The first-order valence-electron chi connectivity index (χ1n) is 8.46. The third-order valence-electron chi connectivity index (χ3n) is 4.28. The number of nitrogens with one attached hydrogen (secondary N) is 3. The molecule has 0 aliphatic carbocycles. The maximum Gasteiger partial charge on any atom is 0.321 e. The Bertz CT molecular complexity index is 587. The number of likely N-dealkylation sites (tertiary alicyclic amines) is 1. The van der Waals surface area contributed by atoms with E-state index in [1.807, 2.05) is 29.2 Å². The van der Waals surface area contributed by atoms with Gasteiger partial charge in [-0.05, 0) is 30.5 Å². The predicted octanol–water partition coefficient (Wildman–Crippen LogP) is 1.34. The van der Waals surface area contributed by atoms with Crippen LogP contribution in [-0.2, 0) is 16.1 Å². The zero-order valence-corrected chi connectivity index (χ0v) is 14.9. The highest BCUT2D eigenvalue weighted by Crippen LogP contribution is 2.14. The number of urea groups is 1. The number of halogens is 1. The van der Waals surface area contributed by atoms with Crippen molar-refractivity contribution in [2.24, 2.45) is 0 Å². The van der Waals surface area contributed by atoms with Crippen LogP contribution >= 0.6 is 12.4 Å². The molecule has 1 atom stereocenters. The molecular weight excluding hydrogens is 344 g/mol. The van der Waals surface area contributed by atoms with Crippen molar-refractivity contribution in [3.8, 4) is 0 Å². The van der Waals surface area contributed by atoms with Crippen LogP contribution in [0.25, 0.3) is 0 Å². The second-order valence-corrected chi connectivity index (χ2v) is 6.12. The number of benzene rings is 1. The van der Waals surface area contributed by atoms with Crippen molar-refractivity contribution in [2.45, 2.75) is 25.4 Å². The summed E-state index contributed by atoms with van der Waals surface area (Å²) in [6.07, 6.45) is 2.14. The van der Waals surface area contributed by atoms with Crippen molar-refractivity contribution >= 4 is 30.0 Å². The number of hydrogen-bond donors (Lipinski definition) is 3. The largest absolute Gasteiger partial charge is 0.378 e. The Labute approximate surface area is 153 Å². The van der Waals surface area contributed by atoms with Crippen LogP contribution in [0.4, 0.5) is 10.5 Å². The van der Waals surface area contributed by atoms with Crippen LogP contribution in [0, 0.1) is 0 Å². The molecule has 0 saturated carbocycles. The van der Waals surface area contributed by atoms with Crippen LogP contribution in [-0.4, -0.2) is 55.7 Å². The van der Waals surface area contributed by atoms with Crippen molar-refractivity contribution in [3.05, 3.63) is 29.8 Å². The smallest absolute Gasteiger partial charge is 0.321 e. The molecule has 0 radical (unpaired) electrons. The molecule has 0 spiro atoms. The molecular formula is C17H25ClN4O3. The Morgan fingerprint density at radius 2 is 2.08 bits per heavy atom. The highest BCUT2D eigenvalue weighted by molar-refractivity contribution is 5.89. The van der Waals surface area contributed by atoms with Gasteiger partial charge in [0.2, 0.25) is 5.91 Å². The topological polar surface area (TPSA) is 82.7 Å². The molecule has 3 N–H and O–H groups in total. The summed E-state index contributed by atoms with van der Waals surface area (Å²) in [6, 6.07) is 7.20. The molecule has 1 unspecified atom stereocenters. The lowest BCUT2D eigenvalue weighted by Crippen LogP contribution is -2.51. The third-order valence-corrected chi connectivity index (χ3v) is 4.28. The first-order chi connectivity index (χ1) is 11.7. The van der Waals surface area contributed by atoms with E-state index in [0.29, 0.717) is 26.3 Å². The quantitative estimate of drug-likeness (QED) is 0.749. The summed E-state index contributed by atoms with van der Waals surface area (Å²) in [5.74, 6) is -0.0683. The van der Waals surface area contributed by atoms with Gasteiger partial charge in [-0.15, -0.1) is 12.4 Å². The van der Waals surface area contributed by atoms with E-state index in [1.54, 1.807) is 0 Å². The van der Waals surface area contributed by atoms with Crippen LogP contribution in [0.1, 0.15) is 18.4 Å². The van der Waals surface area contributed by atoms with Gasteiger partial charge in [-0.3, -0.25) is 4.79 Å². The van der Waals surface area contributed by atoms with Gasteiger partial charge in [-0.2, -0.15) is 0 Å². The molecule has 2 fully saturated rings. The lowest BCUT2D eigenvalue weighted by molar-refractivity contribution is -0.126. The molecule has 3 rings (SSSR count). The molecule has 1 aromatic rings. The summed E-state index contributed by atoms with van der Waals surface area (Å²) in [4.78, 5) is 26.0. The van der Waals surface area contributed by atoms with Crippen LogP contribution < -0.4 is 16.0 Å². The standard InChI is InChI=1S/C17H24N4O3.ClH/c22-16(15-12-24-9-6-18-15)19-11-13-4-3-5-14(10-13)20-17(23)21-7-1-2-8-21;/h3-5,10,15,18H,1-2,6-9,11-12H2,(H,19,22)(H,20,23);1H. The van der Waals surface area contributed by atoms with E-state index >= 15 is 0 Å². The van der Waals surface area contributed by atoms with Crippen molar-refractivity contribution in [2.75, 3.05) is 38.2 Å². The lowest BCUT2D eigenvalue weighted by atomic mass is 10.2. The zero-order chi connectivity index (χ0) is 16.8. The first kappa shape index (κ1) is 19.5. The predicted molar refractivity (Wildman–Crippen MR) is 98.0 cm³/mol. The maximum atomic E-state index is 12.1. The summed E-state index contributed by atoms with van der Waals surface area (Å²) < 4.78 is 5.29. The van der Waals surface area contributed by atoms with E-state index in [2.05, 4.69) is 16.0 Å². The van der Waals surface area contributed by atoms with Gasteiger partial charge >= 0.3 is 6.03 Å². The zero-order valence-electron chi connectivity index (χ0n) is 14.1. The SMILES string of the molecule is Cl.O=C(NCc1cccc(NC(=O)N2CCCC2)c1)C1COCCN1. The minimum absolute atomic E-state index is 0. The summed E-state index contributed by atoms with van der Waals surface area (Å²) in [6.45, 7) is 3.79. The average Bonchev–Trinajstić information content (AvgIpc) is 3.15. The number of carbonyl (C=O) groups excluding carboxylic acids is 2. The van der Waals surface area contributed by atoms with Gasteiger partial charge < -0.3 is 25.6 Å². The van der Waals surface area contributed by atoms with Crippen LogP contribution in [0.5, 0.6) is 0 Å². The fourth-order valence-corrected chi connectivity index (χ4v) is 2.93.